The SMILES string of the molecule is CCOC(=O)c1ccc(Nc2nccc(C(=O)NC(C)C)n2)cc1. The van der Waals surface area contributed by atoms with Gasteiger partial charge in [-0.1, -0.05) is 0 Å². The second-order valence-electron chi connectivity index (χ2n) is 5.32. The van der Waals surface area contributed by atoms with Gasteiger partial charge in [-0.15, -0.1) is 0 Å². The molecule has 0 atom stereocenters. The molecule has 0 bridgehead atoms. The Bertz CT molecular complexity index is 714. The summed E-state index contributed by atoms with van der Waals surface area (Å²) in [5.74, 6) is -0.323. The molecule has 7 heteroatoms. The van der Waals surface area contributed by atoms with Crippen LogP contribution >= 0.6 is 0 Å². The van der Waals surface area contributed by atoms with Crippen LogP contribution in [0.15, 0.2) is 36.5 Å². The van der Waals surface area contributed by atoms with E-state index in [4.69, 9.17) is 4.74 Å². The number of benzene rings is 1. The zero-order chi connectivity index (χ0) is 17.5. The third kappa shape index (κ3) is 4.77. The van der Waals surface area contributed by atoms with Crippen LogP contribution in [0.4, 0.5) is 11.6 Å². The number of nitrogens with one attached hydrogen (secondary N) is 2. The van der Waals surface area contributed by atoms with Gasteiger partial charge in [-0.25, -0.2) is 14.8 Å². The summed E-state index contributed by atoms with van der Waals surface area (Å²) >= 11 is 0. The quantitative estimate of drug-likeness (QED) is 0.792. The molecule has 0 spiro atoms. The molecular formula is C17H20N4O3. The van der Waals surface area contributed by atoms with Crippen molar-refractivity contribution in [1.29, 1.82) is 0 Å². The second kappa shape index (κ2) is 8.05. The molecular weight excluding hydrogens is 308 g/mol. The zero-order valence-electron chi connectivity index (χ0n) is 13.9. The number of aromatic nitrogens is 2. The highest BCUT2D eigenvalue weighted by atomic mass is 16.5. The van der Waals surface area contributed by atoms with Gasteiger partial charge in [0.1, 0.15) is 5.69 Å². The Labute approximate surface area is 140 Å². The number of nitrogens with zero attached hydrogens (tertiary/aromatic N) is 2. The molecule has 126 valence electrons. The van der Waals surface area contributed by atoms with E-state index in [1.54, 1.807) is 37.3 Å². The van der Waals surface area contributed by atoms with Crippen LogP contribution < -0.4 is 10.6 Å². The molecule has 1 aromatic heterocycles. The van der Waals surface area contributed by atoms with Crippen LogP contribution in [0.3, 0.4) is 0 Å². The standard InChI is InChI=1S/C17H20N4O3/c1-4-24-16(23)12-5-7-13(8-6-12)20-17-18-10-9-14(21-17)15(22)19-11(2)3/h5-11H,4H2,1-3H3,(H,19,22)(H,18,20,21). The maximum atomic E-state index is 12.0. The number of rotatable bonds is 6. The molecule has 2 N–H and O–H groups in total. The van der Waals surface area contributed by atoms with E-state index in [1.165, 1.54) is 6.20 Å². The van der Waals surface area contributed by atoms with Crippen molar-refractivity contribution >= 4 is 23.5 Å². The molecule has 1 aromatic carbocycles. The van der Waals surface area contributed by atoms with Crippen molar-refractivity contribution in [1.82, 2.24) is 15.3 Å². The molecule has 0 aliphatic rings. The van der Waals surface area contributed by atoms with Crippen LogP contribution in [0.5, 0.6) is 0 Å². The van der Waals surface area contributed by atoms with E-state index < -0.39 is 0 Å². The van der Waals surface area contributed by atoms with Gasteiger partial charge < -0.3 is 15.4 Å². The van der Waals surface area contributed by atoms with Gasteiger partial charge >= 0.3 is 5.97 Å². The smallest absolute Gasteiger partial charge is 0.338 e. The van der Waals surface area contributed by atoms with E-state index in [-0.39, 0.29) is 23.6 Å². The number of carbonyl (C=O) groups excluding carboxylic acids is 2. The minimum atomic E-state index is -0.368. The summed E-state index contributed by atoms with van der Waals surface area (Å²) in [5.41, 5.74) is 1.45. The first-order valence-electron chi connectivity index (χ1n) is 7.67. The van der Waals surface area contributed by atoms with Crippen LogP contribution in [-0.2, 0) is 4.74 Å². The molecule has 0 saturated carbocycles. The maximum Gasteiger partial charge on any atom is 0.338 e. The highest BCUT2D eigenvalue weighted by Crippen LogP contribution is 2.14. The van der Waals surface area contributed by atoms with Gasteiger partial charge in [-0.05, 0) is 51.1 Å². The predicted octanol–water partition coefficient (Wildman–Crippen LogP) is 2.54. The lowest BCUT2D eigenvalue weighted by molar-refractivity contribution is 0.0526. The average molecular weight is 328 g/mol. The summed E-state index contributed by atoms with van der Waals surface area (Å²) in [6.07, 6.45) is 1.51. The van der Waals surface area contributed by atoms with Crippen LogP contribution in [0.1, 0.15) is 41.6 Å². The monoisotopic (exact) mass is 328 g/mol. The molecule has 1 amide bonds. The van der Waals surface area contributed by atoms with Crippen LogP contribution in [-0.4, -0.2) is 34.5 Å². The number of ether oxygens (including phenoxy) is 1. The van der Waals surface area contributed by atoms with Crippen LogP contribution in [0, 0.1) is 0 Å². The van der Waals surface area contributed by atoms with E-state index in [2.05, 4.69) is 20.6 Å². The summed E-state index contributed by atoms with van der Waals surface area (Å²) in [6.45, 7) is 5.85. The zero-order valence-corrected chi connectivity index (χ0v) is 13.9. The molecule has 2 rings (SSSR count). The van der Waals surface area contributed by atoms with Crippen LogP contribution in [0.2, 0.25) is 0 Å². The van der Waals surface area contributed by atoms with Crippen molar-refractivity contribution in [2.75, 3.05) is 11.9 Å². The fourth-order valence-electron chi connectivity index (χ4n) is 1.91. The molecule has 0 aliphatic carbocycles. The third-order valence-corrected chi connectivity index (χ3v) is 2.96. The lowest BCUT2D eigenvalue weighted by atomic mass is 10.2. The Kier molecular flexibility index (Phi) is 5.83. The van der Waals surface area contributed by atoms with Gasteiger partial charge in [0.05, 0.1) is 12.2 Å². The first-order chi connectivity index (χ1) is 11.5. The molecule has 0 aliphatic heterocycles. The van der Waals surface area contributed by atoms with Gasteiger partial charge in [-0.2, -0.15) is 0 Å². The molecule has 0 unspecified atom stereocenters. The van der Waals surface area contributed by atoms with E-state index in [1.807, 2.05) is 13.8 Å². The maximum absolute atomic E-state index is 12.0. The normalized spacial score (nSPS) is 10.3. The first-order valence-corrected chi connectivity index (χ1v) is 7.67. The first kappa shape index (κ1) is 17.4. The number of amides is 1. The minimum absolute atomic E-state index is 0.0271. The van der Waals surface area contributed by atoms with Crippen molar-refractivity contribution in [2.45, 2.75) is 26.8 Å². The Morgan fingerprint density at radius 2 is 1.88 bits per heavy atom. The topological polar surface area (TPSA) is 93.2 Å². The predicted molar refractivity (Wildman–Crippen MR) is 90.3 cm³/mol. The van der Waals surface area contributed by atoms with Crippen molar-refractivity contribution in [3.05, 3.63) is 47.8 Å². The van der Waals surface area contributed by atoms with Crippen molar-refractivity contribution in [2.24, 2.45) is 0 Å². The number of esters is 1. The largest absolute Gasteiger partial charge is 0.462 e. The van der Waals surface area contributed by atoms with E-state index in [9.17, 15) is 9.59 Å². The Hall–Kier alpha value is -2.96. The lowest BCUT2D eigenvalue weighted by Crippen LogP contribution is -2.30. The second-order valence-corrected chi connectivity index (χ2v) is 5.32. The van der Waals surface area contributed by atoms with Gasteiger partial charge in [0.15, 0.2) is 0 Å². The number of hydrogen-bond donors (Lipinski definition) is 2. The fraction of sp³-hybridized carbons (Fsp3) is 0.294. The molecule has 0 fully saturated rings. The highest BCUT2D eigenvalue weighted by molar-refractivity contribution is 5.92. The van der Waals surface area contributed by atoms with Gasteiger partial charge in [0.25, 0.3) is 5.91 Å². The lowest BCUT2D eigenvalue weighted by Gasteiger charge is -2.09. The Morgan fingerprint density at radius 1 is 1.17 bits per heavy atom. The molecule has 0 saturated heterocycles. The molecule has 24 heavy (non-hydrogen) atoms. The Morgan fingerprint density at radius 3 is 2.50 bits per heavy atom. The van der Waals surface area contributed by atoms with Crippen LogP contribution in [0.25, 0.3) is 0 Å². The van der Waals surface area contributed by atoms with Gasteiger partial charge in [-0.3, -0.25) is 4.79 Å². The molecule has 7 nitrogen and oxygen atoms in total. The Balaban J connectivity index is 2.08. The third-order valence-electron chi connectivity index (χ3n) is 2.96. The van der Waals surface area contributed by atoms with Crippen molar-refractivity contribution in [3.63, 3.8) is 0 Å². The number of carbonyl (C=O) groups is 2. The summed E-state index contributed by atoms with van der Waals surface area (Å²) in [6, 6.07) is 8.31. The summed E-state index contributed by atoms with van der Waals surface area (Å²) in [5, 5.41) is 5.77. The highest BCUT2D eigenvalue weighted by Gasteiger charge is 2.10. The minimum Gasteiger partial charge on any atom is -0.462 e. The van der Waals surface area contributed by atoms with Crippen molar-refractivity contribution < 1.29 is 14.3 Å². The van der Waals surface area contributed by atoms with E-state index in [0.29, 0.717) is 23.8 Å². The fourth-order valence-corrected chi connectivity index (χ4v) is 1.91. The summed E-state index contributed by atoms with van der Waals surface area (Å²) in [7, 11) is 0. The number of hydrogen-bond acceptors (Lipinski definition) is 6. The van der Waals surface area contributed by atoms with Crippen molar-refractivity contribution in [3.8, 4) is 0 Å². The average Bonchev–Trinajstić information content (AvgIpc) is 2.55. The molecule has 0 radical (unpaired) electrons. The molecule has 1 heterocycles. The van der Waals surface area contributed by atoms with Gasteiger partial charge in [0, 0.05) is 17.9 Å². The summed E-state index contributed by atoms with van der Waals surface area (Å²) < 4.78 is 4.93. The van der Waals surface area contributed by atoms with Gasteiger partial charge in [0.2, 0.25) is 5.95 Å². The summed E-state index contributed by atoms with van der Waals surface area (Å²) in [4.78, 5) is 31.8. The molecule has 2 aromatic rings. The van der Waals surface area contributed by atoms with E-state index in [0.717, 1.165) is 0 Å². The van der Waals surface area contributed by atoms with E-state index >= 15 is 0 Å². The number of anilines is 2.